The van der Waals surface area contributed by atoms with E-state index in [-0.39, 0.29) is 17.9 Å². The van der Waals surface area contributed by atoms with Crippen LogP contribution in [0.25, 0.3) is 0 Å². The van der Waals surface area contributed by atoms with Crippen LogP contribution in [0, 0.1) is 0 Å². The molecule has 3 N–H and O–H groups in total. The lowest BCUT2D eigenvalue weighted by Crippen LogP contribution is -3.17. The molecule has 0 aliphatic carbocycles. The number of likely N-dealkylation sites (N-methyl/N-ethyl adjacent to an activating group) is 2. The highest BCUT2D eigenvalue weighted by atomic mass is 16.2. The van der Waals surface area contributed by atoms with E-state index in [0.29, 0.717) is 19.0 Å². The fraction of sp³-hybridized carbons (Fsp3) is 0.579. The molecule has 0 saturated carbocycles. The van der Waals surface area contributed by atoms with Crippen LogP contribution in [-0.2, 0) is 9.59 Å². The minimum atomic E-state index is -0.289. The Hall–Kier alpha value is -1.88. The summed E-state index contributed by atoms with van der Waals surface area (Å²) in [6.45, 7) is 11.7. The van der Waals surface area contributed by atoms with Gasteiger partial charge in [0.15, 0.2) is 12.6 Å². The fourth-order valence-corrected chi connectivity index (χ4v) is 2.74. The van der Waals surface area contributed by atoms with Crippen molar-refractivity contribution in [3.05, 3.63) is 29.8 Å². The number of para-hydroxylation sites is 1. The number of amides is 2. The maximum Gasteiger partial charge on any atom is 0.282 e. The van der Waals surface area contributed by atoms with E-state index >= 15 is 0 Å². The largest absolute Gasteiger partial charge is 0.351 e. The van der Waals surface area contributed by atoms with E-state index in [2.05, 4.69) is 30.5 Å². The second kappa shape index (κ2) is 10.1. The lowest BCUT2D eigenvalue weighted by Gasteiger charge is -2.24. The Morgan fingerprint density at radius 1 is 1.12 bits per heavy atom. The Morgan fingerprint density at radius 2 is 1.79 bits per heavy atom. The lowest BCUT2D eigenvalue weighted by molar-refractivity contribution is -0.904. The summed E-state index contributed by atoms with van der Waals surface area (Å²) in [6, 6.07) is 7.65. The topological polar surface area (TPSA) is 62.6 Å². The number of hydrogen-bond donors (Lipinski definition) is 3. The summed E-state index contributed by atoms with van der Waals surface area (Å²) in [5, 5.41) is 5.85. The number of hydrogen-bond acceptors (Lipinski definition) is 2. The van der Waals surface area contributed by atoms with E-state index in [1.54, 1.807) is 0 Å². The van der Waals surface area contributed by atoms with E-state index in [1.165, 1.54) is 0 Å². The second-order valence-corrected chi connectivity index (χ2v) is 6.25. The zero-order valence-electron chi connectivity index (χ0n) is 15.6. The van der Waals surface area contributed by atoms with Gasteiger partial charge in [-0.15, -0.1) is 0 Å². The first-order valence-electron chi connectivity index (χ1n) is 8.95. The van der Waals surface area contributed by atoms with Gasteiger partial charge in [-0.3, -0.25) is 9.59 Å². The van der Waals surface area contributed by atoms with Crippen LogP contribution < -0.4 is 15.5 Å². The van der Waals surface area contributed by atoms with Gasteiger partial charge in [0, 0.05) is 12.2 Å². The lowest BCUT2D eigenvalue weighted by atomic mass is 9.97. The minimum absolute atomic E-state index is 0.0194. The van der Waals surface area contributed by atoms with Crippen molar-refractivity contribution in [2.24, 2.45) is 0 Å². The van der Waals surface area contributed by atoms with Crippen molar-refractivity contribution in [1.82, 2.24) is 5.32 Å². The zero-order valence-corrected chi connectivity index (χ0v) is 15.6. The highest BCUT2D eigenvalue weighted by Gasteiger charge is 2.26. The Bertz CT molecular complexity index is 545. The highest BCUT2D eigenvalue weighted by molar-refractivity contribution is 5.94. The van der Waals surface area contributed by atoms with Gasteiger partial charge >= 0.3 is 0 Å². The third kappa shape index (κ3) is 5.64. The standard InChI is InChI=1S/C19H31N3O2/c1-6-14(4)16-11-9-10-12-17(16)21-19(24)15(5)22(8-3)13-18(23)20-7-2/h9-12,14-15H,6-8,13H2,1-5H3,(H,20,23)(H,21,24)/p+1/t14-,15+/m0/s1. The van der Waals surface area contributed by atoms with Gasteiger partial charge in [0.25, 0.3) is 11.8 Å². The molecule has 134 valence electrons. The average molecular weight is 334 g/mol. The second-order valence-electron chi connectivity index (χ2n) is 6.25. The first kappa shape index (κ1) is 20.2. The molecule has 1 unspecified atom stereocenters. The van der Waals surface area contributed by atoms with Crippen molar-refractivity contribution in [1.29, 1.82) is 0 Å². The predicted molar refractivity (Wildman–Crippen MR) is 98.3 cm³/mol. The SMILES string of the molecule is CCNC(=O)C[NH+](CC)[C@H](C)C(=O)Nc1ccccc1[C@@H](C)CC. The average Bonchev–Trinajstić information content (AvgIpc) is 2.59. The third-order valence-electron chi connectivity index (χ3n) is 4.58. The Kier molecular flexibility index (Phi) is 8.47. The van der Waals surface area contributed by atoms with E-state index in [9.17, 15) is 9.59 Å². The number of benzene rings is 1. The molecule has 0 aliphatic heterocycles. The van der Waals surface area contributed by atoms with Gasteiger partial charge in [-0.1, -0.05) is 32.0 Å². The highest BCUT2D eigenvalue weighted by Crippen LogP contribution is 2.26. The first-order valence-corrected chi connectivity index (χ1v) is 8.95. The summed E-state index contributed by atoms with van der Waals surface area (Å²) >= 11 is 0. The monoisotopic (exact) mass is 334 g/mol. The van der Waals surface area contributed by atoms with Gasteiger partial charge in [0.2, 0.25) is 0 Å². The summed E-state index contributed by atoms with van der Waals surface area (Å²) < 4.78 is 0. The molecule has 0 spiro atoms. The molecule has 1 aromatic rings. The molecule has 1 aromatic carbocycles. The normalized spacial score (nSPS) is 14.5. The summed E-state index contributed by atoms with van der Waals surface area (Å²) in [7, 11) is 0. The van der Waals surface area contributed by atoms with Crippen LogP contribution in [0.4, 0.5) is 5.69 Å². The van der Waals surface area contributed by atoms with Crippen LogP contribution in [0.15, 0.2) is 24.3 Å². The number of nitrogens with one attached hydrogen (secondary N) is 3. The Morgan fingerprint density at radius 3 is 2.38 bits per heavy atom. The van der Waals surface area contributed by atoms with Crippen molar-refractivity contribution in [2.45, 2.75) is 53.0 Å². The maximum atomic E-state index is 12.7. The van der Waals surface area contributed by atoms with Crippen LogP contribution in [0.5, 0.6) is 0 Å². The molecule has 0 radical (unpaired) electrons. The first-order chi connectivity index (χ1) is 11.4. The number of rotatable bonds is 9. The quantitative estimate of drug-likeness (QED) is 0.642. The number of quaternary nitrogens is 1. The van der Waals surface area contributed by atoms with E-state index in [1.807, 2.05) is 39.0 Å². The summed E-state index contributed by atoms with van der Waals surface area (Å²) in [5.74, 6) is 0.322. The van der Waals surface area contributed by atoms with Crippen LogP contribution in [0.1, 0.15) is 52.5 Å². The van der Waals surface area contributed by atoms with Crippen molar-refractivity contribution in [3.8, 4) is 0 Å². The summed E-state index contributed by atoms with van der Waals surface area (Å²) in [4.78, 5) is 25.4. The molecule has 0 fully saturated rings. The van der Waals surface area contributed by atoms with Gasteiger partial charge in [-0.25, -0.2) is 0 Å². The molecule has 3 atom stereocenters. The fourth-order valence-electron chi connectivity index (χ4n) is 2.74. The smallest absolute Gasteiger partial charge is 0.282 e. The summed E-state index contributed by atoms with van der Waals surface area (Å²) in [5.41, 5.74) is 2.03. The predicted octanol–water partition coefficient (Wildman–Crippen LogP) is 1.57. The molecular weight excluding hydrogens is 302 g/mol. The summed E-state index contributed by atoms with van der Waals surface area (Å²) in [6.07, 6.45) is 1.02. The van der Waals surface area contributed by atoms with Gasteiger partial charge < -0.3 is 15.5 Å². The van der Waals surface area contributed by atoms with E-state index in [4.69, 9.17) is 0 Å². The van der Waals surface area contributed by atoms with Crippen molar-refractivity contribution in [2.75, 3.05) is 25.0 Å². The zero-order chi connectivity index (χ0) is 18.1. The molecule has 0 aliphatic rings. The van der Waals surface area contributed by atoms with Gasteiger partial charge in [-0.2, -0.15) is 0 Å². The maximum absolute atomic E-state index is 12.7. The van der Waals surface area contributed by atoms with Gasteiger partial charge in [0.05, 0.1) is 6.54 Å². The molecule has 0 bridgehead atoms. The molecule has 0 aromatic heterocycles. The molecule has 5 heteroatoms. The Labute approximate surface area is 145 Å². The van der Waals surface area contributed by atoms with Crippen LogP contribution in [-0.4, -0.2) is 37.5 Å². The van der Waals surface area contributed by atoms with Crippen LogP contribution in [0.3, 0.4) is 0 Å². The van der Waals surface area contributed by atoms with Crippen molar-refractivity contribution in [3.63, 3.8) is 0 Å². The number of anilines is 1. The minimum Gasteiger partial charge on any atom is -0.351 e. The van der Waals surface area contributed by atoms with Crippen LogP contribution >= 0.6 is 0 Å². The Balaban J connectivity index is 2.81. The van der Waals surface area contributed by atoms with E-state index in [0.717, 1.165) is 29.1 Å². The number of carbonyl (C=O) groups excluding carboxylic acids is 2. The molecule has 0 saturated heterocycles. The van der Waals surface area contributed by atoms with Crippen molar-refractivity contribution < 1.29 is 14.5 Å². The number of carbonyl (C=O) groups is 2. The van der Waals surface area contributed by atoms with Gasteiger partial charge in [-0.05, 0) is 44.7 Å². The molecule has 24 heavy (non-hydrogen) atoms. The van der Waals surface area contributed by atoms with E-state index < -0.39 is 0 Å². The molecule has 5 nitrogen and oxygen atoms in total. The molecule has 2 amide bonds. The van der Waals surface area contributed by atoms with Crippen LogP contribution in [0.2, 0.25) is 0 Å². The van der Waals surface area contributed by atoms with Gasteiger partial charge in [0.1, 0.15) is 0 Å². The molecular formula is C19H32N3O2+. The third-order valence-corrected chi connectivity index (χ3v) is 4.58. The molecule has 1 rings (SSSR count). The van der Waals surface area contributed by atoms with Crippen molar-refractivity contribution >= 4 is 17.5 Å². The molecule has 0 heterocycles.